The summed E-state index contributed by atoms with van der Waals surface area (Å²) in [6, 6.07) is 0. The second kappa shape index (κ2) is 58.2. The predicted molar refractivity (Wildman–Crippen MR) is 400 cm³/mol. The number of ketones is 2. The Morgan fingerprint density at radius 3 is 1.16 bits per heavy atom. The Morgan fingerprint density at radius 1 is 0.481 bits per heavy atom. The first-order valence-corrected chi connectivity index (χ1v) is 43.9. The molecule has 2 saturated carbocycles. The number of carbonyl (C=O) groups excluding carboxylic acids is 7. The van der Waals surface area contributed by atoms with Gasteiger partial charge < -0.3 is 56.7 Å². The van der Waals surface area contributed by atoms with Crippen LogP contribution in [0.1, 0.15) is 358 Å². The number of unbranched alkanes of at least 4 members (excludes halogenated alkanes) is 32. The zero-order chi connectivity index (χ0) is 76.7. The molecule has 0 aromatic heterocycles. The fraction of sp³-hybridized carbons (Fsp3) is 0.864. The molecule has 10 atom stereocenters. The molecule has 0 saturated heterocycles. The molecule has 106 heavy (non-hydrogen) atoms. The van der Waals surface area contributed by atoms with Crippen LogP contribution in [0.2, 0.25) is 0 Å². The molecule has 25 heteroatoms. The first-order valence-electron chi connectivity index (χ1n) is 40.9. The topological polar surface area (TPSA) is 303 Å². The third-order valence-electron chi connectivity index (χ3n) is 21.9. The van der Waals surface area contributed by atoms with Gasteiger partial charge in [-0.15, -0.1) is 0 Å². The van der Waals surface area contributed by atoms with Crippen LogP contribution in [-0.4, -0.2) is 110 Å². The maximum Gasteiger partial charge on any atom is 1.00 e. The van der Waals surface area contributed by atoms with Gasteiger partial charge in [0.15, 0.2) is 29.4 Å². The van der Waals surface area contributed by atoms with Crippen molar-refractivity contribution < 1.29 is 158 Å². The first kappa shape index (κ1) is 102. The van der Waals surface area contributed by atoms with E-state index in [1.54, 1.807) is 6.92 Å². The van der Waals surface area contributed by atoms with Crippen molar-refractivity contribution in [2.24, 2.45) is 28.6 Å². The van der Waals surface area contributed by atoms with E-state index in [0.29, 0.717) is 56.3 Å². The Morgan fingerprint density at radius 2 is 0.811 bits per heavy atom. The second-order valence-corrected chi connectivity index (χ2v) is 33.5. The molecule has 0 aromatic carbocycles. The summed E-state index contributed by atoms with van der Waals surface area (Å²) < 4.78 is 72.5. The molecule has 0 aromatic rings. The summed E-state index contributed by atoms with van der Waals surface area (Å²) in [7, 11) is -10.4. The molecule has 2 fully saturated rings. The number of ether oxygens (including phenoxy) is 5. The van der Waals surface area contributed by atoms with E-state index in [9.17, 15) is 57.6 Å². The number of hydrogen-bond acceptors (Lipinski definition) is 21. The van der Waals surface area contributed by atoms with Crippen LogP contribution in [0.3, 0.4) is 0 Å². The van der Waals surface area contributed by atoms with Gasteiger partial charge >= 0.3 is 89.0 Å². The molecule has 0 heterocycles. The number of phosphoric ester groups is 2. The third kappa shape index (κ3) is 40.9. The number of hydrogen-bond donors (Lipinski definition) is 1. The van der Waals surface area contributed by atoms with Crippen LogP contribution < -0.4 is 68.9 Å². The predicted octanol–water partition coefficient (Wildman–Crippen LogP) is 12.5. The van der Waals surface area contributed by atoms with Crippen molar-refractivity contribution in [2.45, 2.75) is 382 Å². The van der Waals surface area contributed by atoms with E-state index in [0.717, 1.165) is 128 Å². The number of Topliss-reactive ketones (excluding diaryl/α,β-unsaturated/α-hetero) is 1. The molecular weight excluding hydrogens is 1420 g/mol. The van der Waals surface area contributed by atoms with Crippen LogP contribution in [0, 0.1) is 28.6 Å². The molecule has 0 amide bonds. The van der Waals surface area contributed by atoms with Crippen molar-refractivity contribution >= 4 is 57.1 Å². The Kier molecular flexibility index (Phi) is 56.2. The van der Waals surface area contributed by atoms with Crippen LogP contribution in [0.4, 0.5) is 0 Å². The summed E-state index contributed by atoms with van der Waals surface area (Å²) >= 11 is 0. The smallest absolute Gasteiger partial charge is 0.756 e. The number of carbonyl (C=O) groups is 7. The van der Waals surface area contributed by atoms with E-state index in [4.69, 9.17) is 41.8 Å². The van der Waals surface area contributed by atoms with Crippen molar-refractivity contribution in [3.8, 4) is 0 Å². The number of phosphoric acid groups is 2. The fourth-order valence-electron chi connectivity index (χ4n) is 15.9. The average molecular weight is 1560 g/mol. The van der Waals surface area contributed by atoms with E-state index in [-0.39, 0.29) is 113 Å². The van der Waals surface area contributed by atoms with Crippen LogP contribution in [0.5, 0.6) is 0 Å². The Labute approximate surface area is 683 Å². The van der Waals surface area contributed by atoms with Crippen LogP contribution in [0.15, 0.2) is 23.3 Å². The third-order valence-corrected chi connectivity index (χ3v) is 23.8. The minimum atomic E-state index is -5.20. The number of allylic oxidation sites excluding steroid dienone is 4. The molecule has 10 unspecified atom stereocenters. The summed E-state index contributed by atoms with van der Waals surface area (Å²) in [4.78, 5) is 113. The van der Waals surface area contributed by atoms with Crippen molar-refractivity contribution in [1.82, 2.24) is 0 Å². The number of esters is 5. The van der Waals surface area contributed by atoms with Gasteiger partial charge in [-0.3, -0.25) is 42.7 Å². The van der Waals surface area contributed by atoms with Gasteiger partial charge in [-0.05, 0) is 106 Å². The van der Waals surface area contributed by atoms with Crippen molar-refractivity contribution in [2.75, 3.05) is 39.6 Å². The van der Waals surface area contributed by atoms with Gasteiger partial charge in [0.25, 0.3) is 15.6 Å². The van der Waals surface area contributed by atoms with Crippen molar-refractivity contribution in [1.29, 1.82) is 0 Å². The summed E-state index contributed by atoms with van der Waals surface area (Å²) in [5, 5.41) is 10.4. The van der Waals surface area contributed by atoms with Crippen molar-refractivity contribution in [3.63, 3.8) is 0 Å². The largest absolute Gasteiger partial charge is 1.00 e. The normalized spacial score (nSPS) is 22.1. The molecule has 4 rings (SSSR count). The van der Waals surface area contributed by atoms with Gasteiger partial charge in [-0.2, -0.15) is 0 Å². The number of aliphatic hydroxyl groups is 1. The summed E-state index contributed by atoms with van der Waals surface area (Å²) in [5.41, 5.74) is 1.15. The minimum absolute atomic E-state index is 0. The maximum absolute atomic E-state index is 12.8. The number of fused-ring (bicyclic) bond motifs is 5. The fourth-order valence-corrected chi connectivity index (χ4v) is 17.4. The molecular formula is C81H140Na2O21P2. The van der Waals surface area contributed by atoms with E-state index in [1.807, 2.05) is 6.08 Å². The summed E-state index contributed by atoms with van der Waals surface area (Å²) in [5.74, 6) is -1.21. The minimum Gasteiger partial charge on any atom is -0.756 e. The van der Waals surface area contributed by atoms with Gasteiger partial charge in [0.1, 0.15) is 19.3 Å². The van der Waals surface area contributed by atoms with E-state index in [2.05, 4.69) is 54.5 Å². The zero-order valence-electron chi connectivity index (χ0n) is 67.9. The first-order chi connectivity index (χ1) is 49.7. The van der Waals surface area contributed by atoms with E-state index in [1.165, 1.54) is 121 Å². The average Bonchev–Trinajstić information content (AvgIpc) is 1.45. The quantitative estimate of drug-likeness (QED) is 0.0194. The molecule has 4 aliphatic carbocycles. The maximum atomic E-state index is 12.8. The monoisotopic (exact) mass is 1560 g/mol. The SMILES string of the molecule is CC(=O)OC1(C(C)=O)CCC2C3C=C(C)C4=CC(=O)CCC4(C)C3CCC21C.CCCCCCCCCCCC(=O)OCC(COP(=O)([O-])OCC(O)COP(=O)([O-])OCC(COC(=O)CCCCCCCCCCC)OC(=O)CCCCCCCCCCC)OC(=O)CCCCCCCCCCC.[Na+].[Na+]. The summed E-state index contributed by atoms with van der Waals surface area (Å²) in [6.45, 7) is 14.0. The number of rotatable bonds is 60. The van der Waals surface area contributed by atoms with E-state index >= 15 is 0 Å². The molecule has 602 valence electrons. The second-order valence-electron chi connectivity index (χ2n) is 30.7. The standard InChI is InChI=1S/C57H110O17P2.C24H32O4.2Na/c1-5-9-13-17-21-25-29-33-37-41-54(59)67-47-52(73-56(61)43-39-35-31-27-23-19-15-11-7-3)49-71-75(63,64)69-45-51(58)46-70-76(65,66)72-50-53(74-57(62)44-40-36-32-28-24-20-16-12-8-4)48-68-55(60)42-38-34-30-26-22-18-14-10-6-2;1-14-12-18-19(22(4)9-6-17(27)13-21(14)22)7-10-23(5)20(18)8-11-24(23,15(2)25)28-16(3)26;;/h51-53,58H,5-50H2,1-4H3,(H,63,64)(H,65,66);12-13,18-20H,6-11H2,1-5H3;;/q;;2*+1/p-2. The Balaban J connectivity index is 0.00000154. The molecule has 0 bridgehead atoms. The number of aliphatic hydroxyl groups excluding tert-OH is 1. The van der Waals surface area contributed by atoms with Gasteiger partial charge in [0.2, 0.25) is 0 Å². The molecule has 0 radical (unpaired) electrons. The molecule has 0 aliphatic heterocycles. The zero-order valence-corrected chi connectivity index (χ0v) is 73.7. The van der Waals surface area contributed by atoms with Crippen molar-refractivity contribution in [3.05, 3.63) is 23.3 Å². The van der Waals surface area contributed by atoms with Crippen LogP contribution >= 0.6 is 15.6 Å². The van der Waals surface area contributed by atoms with Gasteiger partial charge in [-0.25, -0.2) is 0 Å². The van der Waals surface area contributed by atoms with Gasteiger partial charge in [0, 0.05) is 44.4 Å². The van der Waals surface area contributed by atoms with Gasteiger partial charge in [-0.1, -0.05) is 259 Å². The summed E-state index contributed by atoms with van der Waals surface area (Å²) in [6.07, 6.45) is 43.4. The Bertz CT molecular complexity index is 2550. The van der Waals surface area contributed by atoms with Gasteiger partial charge in [0.05, 0.1) is 26.4 Å². The molecule has 1 N–H and O–H groups in total. The van der Waals surface area contributed by atoms with Crippen LogP contribution in [0.25, 0.3) is 0 Å². The molecule has 4 aliphatic rings. The Hall–Kier alpha value is -1.65. The van der Waals surface area contributed by atoms with Crippen LogP contribution in [-0.2, 0) is 84.5 Å². The molecule has 21 nitrogen and oxygen atoms in total. The van der Waals surface area contributed by atoms with E-state index < -0.39 is 103 Å². The molecule has 0 spiro atoms.